The van der Waals surface area contributed by atoms with Crippen LogP contribution in [0.3, 0.4) is 0 Å². The number of aryl methyl sites for hydroxylation is 1. The summed E-state index contributed by atoms with van der Waals surface area (Å²) in [6, 6.07) is 29.2. The van der Waals surface area contributed by atoms with Crippen LogP contribution in [0.2, 0.25) is 0 Å². The normalized spacial score (nSPS) is 10.5. The molecule has 1 nitrogen and oxygen atoms in total. The monoisotopic (exact) mass is 315 g/mol. The zero-order chi connectivity index (χ0) is 17.2. The van der Waals surface area contributed by atoms with Gasteiger partial charge in [-0.05, 0) is 29.2 Å². The summed E-state index contributed by atoms with van der Waals surface area (Å²) in [5.74, 6) is 0. The van der Waals surface area contributed by atoms with Gasteiger partial charge >= 0.3 is 0 Å². The van der Waals surface area contributed by atoms with Crippen molar-refractivity contribution in [2.75, 3.05) is 0 Å². The van der Waals surface area contributed by atoms with E-state index in [1.165, 1.54) is 22.3 Å². The third kappa shape index (κ3) is 4.66. The first-order chi connectivity index (χ1) is 11.8. The second-order valence-electron chi connectivity index (χ2n) is 5.36. The summed E-state index contributed by atoms with van der Waals surface area (Å²) in [6.45, 7) is 6.11. The van der Waals surface area contributed by atoms with Gasteiger partial charge in [-0.2, -0.15) is 0 Å². The number of benzene rings is 3. The molecule has 0 unspecified atom stereocenters. The van der Waals surface area contributed by atoms with E-state index < -0.39 is 0 Å². The van der Waals surface area contributed by atoms with Crippen LogP contribution in [0.5, 0.6) is 0 Å². The average Bonchev–Trinajstić information content (AvgIpc) is 2.67. The van der Waals surface area contributed by atoms with Crippen molar-refractivity contribution in [3.05, 3.63) is 107 Å². The molecule has 0 amide bonds. The van der Waals surface area contributed by atoms with Crippen molar-refractivity contribution in [3.8, 4) is 0 Å². The Labute approximate surface area is 145 Å². The highest BCUT2D eigenvalue weighted by Gasteiger charge is 2.11. The molecule has 0 aliphatic carbocycles. The maximum Gasteiger partial charge on any atom is 0.0999 e. The van der Waals surface area contributed by atoms with E-state index in [1.807, 2.05) is 38.3 Å². The Balaban J connectivity index is 0.00000100. The van der Waals surface area contributed by atoms with Crippen molar-refractivity contribution in [1.82, 2.24) is 0 Å². The van der Waals surface area contributed by atoms with Crippen molar-refractivity contribution < 1.29 is 0 Å². The second kappa shape index (κ2) is 9.46. The Morgan fingerprint density at radius 1 is 0.667 bits per heavy atom. The largest absolute Gasteiger partial charge is 0.280 e. The zero-order valence-corrected chi connectivity index (χ0v) is 14.7. The van der Waals surface area contributed by atoms with Crippen LogP contribution in [-0.2, 0) is 0 Å². The molecule has 3 aromatic rings. The molecule has 0 aromatic heterocycles. The van der Waals surface area contributed by atoms with E-state index in [0.717, 1.165) is 0 Å². The van der Waals surface area contributed by atoms with Crippen LogP contribution >= 0.6 is 0 Å². The van der Waals surface area contributed by atoms with Gasteiger partial charge in [-0.25, -0.2) is 0 Å². The molecule has 0 aliphatic heterocycles. The Bertz CT molecular complexity index is 706. The zero-order valence-electron chi connectivity index (χ0n) is 14.7. The van der Waals surface area contributed by atoms with Gasteiger partial charge in [-0.15, -0.1) is 0 Å². The minimum absolute atomic E-state index is 0.0296. The van der Waals surface area contributed by atoms with Crippen LogP contribution in [-0.4, -0.2) is 6.21 Å². The van der Waals surface area contributed by atoms with Crippen molar-refractivity contribution >= 4 is 6.21 Å². The molecule has 0 saturated carbocycles. The quantitative estimate of drug-likeness (QED) is 0.506. The molecule has 0 radical (unpaired) electrons. The highest BCUT2D eigenvalue weighted by molar-refractivity contribution is 5.81. The van der Waals surface area contributed by atoms with Crippen molar-refractivity contribution in [2.45, 2.75) is 26.8 Å². The number of aliphatic imine (C=N–C) groups is 1. The van der Waals surface area contributed by atoms with Crippen LogP contribution in [0.4, 0.5) is 0 Å². The first-order valence-corrected chi connectivity index (χ1v) is 8.53. The first kappa shape index (κ1) is 17.7. The van der Waals surface area contributed by atoms with Gasteiger partial charge in [0, 0.05) is 6.21 Å². The minimum Gasteiger partial charge on any atom is -0.280 e. The van der Waals surface area contributed by atoms with Gasteiger partial charge in [0.25, 0.3) is 0 Å². The van der Waals surface area contributed by atoms with Crippen LogP contribution < -0.4 is 0 Å². The lowest BCUT2D eigenvalue weighted by Crippen LogP contribution is -1.99. The van der Waals surface area contributed by atoms with E-state index in [9.17, 15) is 0 Å². The lowest BCUT2D eigenvalue weighted by Gasteiger charge is -2.13. The summed E-state index contributed by atoms with van der Waals surface area (Å²) in [5.41, 5.74) is 4.82. The fraction of sp³-hybridized carbons (Fsp3) is 0.174. The third-order valence-electron chi connectivity index (χ3n) is 3.78. The Kier molecular flexibility index (Phi) is 6.97. The van der Waals surface area contributed by atoms with E-state index in [4.69, 9.17) is 4.99 Å². The van der Waals surface area contributed by atoms with Gasteiger partial charge in [0.1, 0.15) is 0 Å². The molecule has 3 aromatic carbocycles. The molecular formula is C23H25N. The maximum atomic E-state index is 4.87. The number of hydrogen-bond donors (Lipinski definition) is 0. The number of rotatable bonds is 4. The topological polar surface area (TPSA) is 12.4 Å². The number of nitrogens with zero attached hydrogens (tertiary/aromatic N) is 1. The van der Waals surface area contributed by atoms with E-state index in [-0.39, 0.29) is 6.04 Å². The second-order valence-corrected chi connectivity index (χ2v) is 5.36. The van der Waals surface area contributed by atoms with Gasteiger partial charge in [-0.3, -0.25) is 4.99 Å². The molecule has 0 aliphatic rings. The van der Waals surface area contributed by atoms with E-state index in [1.54, 1.807) is 0 Å². The lowest BCUT2D eigenvalue weighted by atomic mass is 9.99. The van der Waals surface area contributed by atoms with Gasteiger partial charge < -0.3 is 0 Å². The third-order valence-corrected chi connectivity index (χ3v) is 3.78. The standard InChI is InChI=1S/C21H19N.C2H6/c1-17-10-8-9-15-20(17)16-22-21(18-11-4-2-5-12-18)19-13-6-3-7-14-19;1-2/h2-16,21H,1H3;1-2H3. The molecule has 0 N–H and O–H groups in total. The summed E-state index contributed by atoms with van der Waals surface area (Å²) >= 11 is 0. The molecule has 0 bridgehead atoms. The highest BCUT2D eigenvalue weighted by atomic mass is 14.8. The molecule has 0 fully saturated rings. The van der Waals surface area contributed by atoms with Gasteiger partial charge in [0.05, 0.1) is 6.04 Å². The Morgan fingerprint density at radius 2 is 1.12 bits per heavy atom. The summed E-state index contributed by atoms with van der Waals surface area (Å²) in [5, 5.41) is 0. The predicted molar refractivity (Wildman–Crippen MR) is 105 cm³/mol. The summed E-state index contributed by atoms with van der Waals surface area (Å²) in [7, 11) is 0. The highest BCUT2D eigenvalue weighted by Crippen LogP contribution is 2.25. The SMILES string of the molecule is CC.Cc1ccccc1C=NC(c1ccccc1)c1ccccc1. The molecule has 0 saturated heterocycles. The lowest BCUT2D eigenvalue weighted by molar-refractivity contribution is 0.878. The first-order valence-electron chi connectivity index (χ1n) is 8.53. The smallest absolute Gasteiger partial charge is 0.0999 e. The summed E-state index contributed by atoms with van der Waals surface area (Å²) in [4.78, 5) is 4.87. The molecule has 3 rings (SSSR count). The minimum atomic E-state index is 0.0296. The van der Waals surface area contributed by atoms with Crippen LogP contribution in [0.15, 0.2) is 89.9 Å². The molecule has 24 heavy (non-hydrogen) atoms. The molecule has 1 heteroatoms. The average molecular weight is 315 g/mol. The van der Waals surface area contributed by atoms with Crippen molar-refractivity contribution in [1.29, 1.82) is 0 Å². The van der Waals surface area contributed by atoms with Gasteiger partial charge in [0.2, 0.25) is 0 Å². The Hall–Kier alpha value is -2.67. The van der Waals surface area contributed by atoms with E-state index in [0.29, 0.717) is 0 Å². The Morgan fingerprint density at radius 3 is 1.62 bits per heavy atom. The number of hydrogen-bond acceptors (Lipinski definition) is 1. The molecule has 122 valence electrons. The van der Waals surface area contributed by atoms with Crippen LogP contribution in [0.1, 0.15) is 42.1 Å². The molecule has 0 atom stereocenters. The van der Waals surface area contributed by atoms with Crippen LogP contribution in [0, 0.1) is 6.92 Å². The molecule has 0 spiro atoms. The van der Waals surface area contributed by atoms with Gasteiger partial charge in [-0.1, -0.05) is 98.8 Å². The molecular weight excluding hydrogens is 290 g/mol. The van der Waals surface area contributed by atoms with Gasteiger partial charge in [0.15, 0.2) is 0 Å². The maximum absolute atomic E-state index is 4.87. The summed E-state index contributed by atoms with van der Waals surface area (Å²) < 4.78 is 0. The van der Waals surface area contributed by atoms with Crippen molar-refractivity contribution in [2.24, 2.45) is 4.99 Å². The summed E-state index contributed by atoms with van der Waals surface area (Å²) in [6.07, 6.45) is 1.99. The fourth-order valence-electron chi connectivity index (χ4n) is 2.52. The fourth-order valence-corrected chi connectivity index (χ4v) is 2.52. The molecule has 0 heterocycles. The van der Waals surface area contributed by atoms with Crippen LogP contribution in [0.25, 0.3) is 0 Å². The van der Waals surface area contributed by atoms with E-state index >= 15 is 0 Å². The van der Waals surface area contributed by atoms with E-state index in [2.05, 4.69) is 73.7 Å². The van der Waals surface area contributed by atoms with Crippen molar-refractivity contribution in [3.63, 3.8) is 0 Å². The predicted octanol–water partition coefficient (Wildman–Crippen LogP) is 6.23.